The van der Waals surface area contributed by atoms with Crippen molar-refractivity contribution in [3.05, 3.63) is 90.0 Å². The molecule has 0 spiro atoms. The lowest BCUT2D eigenvalue weighted by atomic mass is 9.81. The number of carbonyl (C=O) groups is 2. The number of benzene rings is 3. The molecule has 196 valence electrons. The van der Waals surface area contributed by atoms with E-state index in [1.807, 2.05) is 37.3 Å². The van der Waals surface area contributed by atoms with Gasteiger partial charge in [-0.1, -0.05) is 42.5 Å². The number of carbonyl (C=O) groups excluding carboxylic acids is 2. The fraction of sp³-hybridized carbons (Fsp3) is 0.310. The summed E-state index contributed by atoms with van der Waals surface area (Å²) in [5, 5.41) is 31.1. The average Bonchev–Trinajstić information content (AvgIpc) is 2.87. The van der Waals surface area contributed by atoms with Gasteiger partial charge in [0.1, 0.15) is 24.1 Å². The zero-order valence-corrected chi connectivity index (χ0v) is 21.4. The molecule has 0 aliphatic rings. The largest absolute Gasteiger partial charge is 0.491 e. The van der Waals surface area contributed by atoms with E-state index in [2.05, 4.69) is 16.0 Å². The second-order valence-electron chi connectivity index (χ2n) is 9.17. The van der Waals surface area contributed by atoms with E-state index >= 15 is 0 Å². The minimum absolute atomic E-state index is 0.142. The van der Waals surface area contributed by atoms with Crippen molar-refractivity contribution in [1.82, 2.24) is 5.32 Å². The molecule has 2 unspecified atom stereocenters. The monoisotopic (exact) mass is 505 g/mol. The predicted molar refractivity (Wildman–Crippen MR) is 145 cm³/mol. The molecule has 0 radical (unpaired) electrons. The summed E-state index contributed by atoms with van der Waals surface area (Å²) in [7, 11) is 0. The van der Waals surface area contributed by atoms with Gasteiger partial charge in [0.05, 0.1) is 0 Å². The van der Waals surface area contributed by atoms with Crippen molar-refractivity contribution < 1.29 is 24.5 Å². The average molecular weight is 506 g/mol. The van der Waals surface area contributed by atoms with Crippen LogP contribution >= 0.6 is 0 Å². The second kappa shape index (κ2) is 13.0. The summed E-state index contributed by atoms with van der Waals surface area (Å²) in [4.78, 5) is 22.8. The molecule has 0 heterocycles. The molecule has 2 atom stereocenters. The van der Waals surface area contributed by atoms with Crippen molar-refractivity contribution in [2.24, 2.45) is 0 Å². The minimum Gasteiger partial charge on any atom is -0.491 e. The number of hydrogen-bond donors (Lipinski definition) is 5. The van der Waals surface area contributed by atoms with Gasteiger partial charge in [-0.15, -0.1) is 0 Å². The molecule has 0 fully saturated rings. The third kappa shape index (κ3) is 8.42. The Kier molecular flexibility index (Phi) is 9.79. The Labute approximate surface area is 217 Å². The fourth-order valence-corrected chi connectivity index (χ4v) is 4.09. The molecule has 0 aliphatic carbocycles. The molecule has 0 saturated heterocycles. The molecule has 2 amide bonds. The standard InChI is InChI=1S/C29H35N3O5/c1-20(30-18-27(35)19-37-28-7-5-4-6-8-28)17-29(36,23-9-13-25(14-10-23)31-21(2)33)24-11-15-26(16-12-24)32-22(3)34/h4-16,20,27,30,35-36H,17-19H2,1-3H3,(H,31,33)(H,32,34). The number of amides is 2. The van der Waals surface area contributed by atoms with Gasteiger partial charge in [-0.3, -0.25) is 9.59 Å². The molecule has 37 heavy (non-hydrogen) atoms. The van der Waals surface area contributed by atoms with E-state index < -0.39 is 11.7 Å². The van der Waals surface area contributed by atoms with E-state index in [9.17, 15) is 19.8 Å². The summed E-state index contributed by atoms with van der Waals surface area (Å²) in [6, 6.07) is 23.2. The van der Waals surface area contributed by atoms with E-state index in [1.54, 1.807) is 48.5 Å². The van der Waals surface area contributed by atoms with E-state index in [0.717, 1.165) is 0 Å². The number of aliphatic hydroxyl groups excluding tert-OH is 1. The Morgan fingerprint density at radius 3 is 1.78 bits per heavy atom. The van der Waals surface area contributed by atoms with Crippen LogP contribution < -0.4 is 20.7 Å². The van der Waals surface area contributed by atoms with Gasteiger partial charge < -0.3 is 30.9 Å². The van der Waals surface area contributed by atoms with Crippen LogP contribution in [0.3, 0.4) is 0 Å². The third-order valence-electron chi connectivity index (χ3n) is 5.85. The zero-order valence-electron chi connectivity index (χ0n) is 21.4. The van der Waals surface area contributed by atoms with Crippen molar-refractivity contribution >= 4 is 23.2 Å². The SMILES string of the molecule is CC(=O)Nc1ccc(C(O)(CC(C)NCC(O)COc2ccccc2)c2ccc(NC(C)=O)cc2)cc1. The Bertz CT molecular complexity index is 1090. The molecular formula is C29H35N3O5. The first-order valence-electron chi connectivity index (χ1n) is 12.2. The number of nitrogens with one attached hydrogen (secondary N) is 3. The summed E-state index contributed by atoms with van der Waals surface area (Å²) in [5.74, 6) is 0.336. The van der Waals surface area contributed by atoms with Gasteiger partial charge in [-0.25, -0.2) is 0 Å². The maximum Gasteiger partial charge on any atom is 0.221 e. The molecule has 3 aromatic rings. The van der Waals surface area contributed by atoms with Crippen molar-refractivity contribution in [3.8, 4) is 5.75 Å². The highest BCUT2D eigenvalue weighted by Gasteiger charge is 2.33. The van der Waals surface area contributed by atoms with Gasteiger partial charge in [-0.2, -0.15) is 0 Å². The molecule has 0 aromatic heterocycles. The molecule has 0 bridgehead atoms. The second-order valence-corrected chi connectivity index (χ2v) is 9.17. The third-order valence-corrected chi connectivity index (χ3v) is 5.85. The van der Waals surface area contributed by atoms with Crippen molar-refractivity contribution in [2.45, 2.75) is 44.9 Å². The number of hydrogen-bond acceptors (Lipinski definition) is 6. The highest BCUT2D eigenvalue weighted by molar-refractivity contribution is 5.89. The lowest BCUT2D eigenvalue weighted by Gasteiger charge is -2.33. The quantitative estimate of drug-likeness (QED) is 0.256. The molecule has 0 aliphatic heterocycles. The fourth-order valence-electron chi connectivity index (χ4n) is 4.09. The Morgan fingerprint density at radius 1 is 0.838 bits per heavy atom. The number of para-hydroxylation sites is 1. The molecule has 5 N–H and O–H groups in total. The lowest BCUT2D eigenvalue weighted by Crippen LogP contribution is -2.41. The van der Waals surface area contributed by atoms with Crippen LogP contribution in [0.25, 0.3) is 0 Å². The van der Waals surface area contributed by atoms with Gasteiger partial charge in [0.25, 0.3) is 0 Å². The highest BCUT2D eigenvalue weighted by atomic mass is 16.5. The van der Waals surface area contributed by atoms with Gasteiger partial charge >= 0.3 is 0 Å². The number of ether oxygens (including phenoxy) is 1. The molecule has 3 aromatic carbocycles. The first-order valence-corrected chi connectivity index (χ1v) is 12.2. The number of anilines is 2. The predicted octanol–water partition coefficient (Wildman–Crippen LogP) is 3.65. The van der Waals surface area contributed by atoms with Gasteiger partial charge in [0.2, 0.25) is 11.8 Å². The Hall–Kier alpha value is -3.72. The number of aliphatic hydroxyl groups is 2. The highest BCUT2D eigenvalue weighted by Crippen LogP contribution is 2.35. The van der Waals surface area contributed by atoms with E-state index in [4.69, 9.17) is 4.74 Å². The lowest BCUT2D eigenvalue weighted by molar-refractivity contribution is -0.115. The molecule has 8 heteroatoms. The van der Waals surface area contributed by atoms with Crippen LogP contribution in [-0.2, 0) is 15.2 Å². The van der Waals surface area contributed by atoms with Gasteiger partial charge in [0, 0.05) is 37.8 Å². The van der Waals surface area contributed by atoms with Crippen LogP contribution in [-0.4, -0.2) is 47.3 Å². The van der Waals surface area contributed by atoms with Crippen LogP contribution in [0.2, 0.25) is 0 Å². The summed E-state index contributed by atoms with van der Waals surface area (Å²) < 4.78 is 5.62. The first kappa shape index (κ1) is 27.9. The first-order chi connectivity index (χ1) is 17.7. The normalized spacial score (nSPS) is 12.9. The molecular weight excluding hydrogens is 470 g/mol. The van der Waals surface area contributed by atoms with E-state index in [1.165, 1.54) is 13.8 Å². The summed E-state index contributed by atoms with van der Waals surface area (Å²) in [5.41, 5.74) is 1.19. The molecule has 8 nitrogen and oxygen atoms in total. The smallest absolute Gasteiger partial charge is 0.221 e. The Balaban J connectivity index is 1.73. The van der Waals surface area contributed by atoms with Gasteiger partial charge in [-0.05, 0) is 60.9 Å². The van der Waals surface area contributed by atoms with Crippen LogP contribution in [0.5, 0.6) is 5.75 Å². The summed E-state index contributed by atoms with van der Waals surface area (Å²) in [6.45, 7) is 5.24. The van der Waals surface area contributed by atoms with Crippen LogP contribution in [0, 0.1) is 0 Å². The van der Waals surface area contributed by atoms with E-state index in [0.29, 0.717) is 34.7 Å². The van der Waals surface area contributed by atoms with Crippen molar-refractivity contribution in [3.63, 3.8) is 0 Å². The number of rotatable bonds is 12. The molecule has 3 rings (SSSR count). The summed E-state index contributed by atoms with van der Waals surface area (Å²) >= 11 is 0. The van der Waals surface area contributed by atoms with Crippen LogP contribution in [0.1, 0.15) is 38.3 Å². The maximum atomic E-state index is 12.0. The zero-order chi connectivity index (χ0) is 26.8. The van der Waals surface area contributed by atoms with Gasteiger partial charge in [0.15, 0.2) is 0 Å². The summed E-state index contributed by atoms with van der Waals surface area (Å²) in [6.07, 6.45) is -0.428. The van der Waals surface area contributed by atoms with Crippen LogP contribution in [0.15, 0.2) is 78.9 Å². The van der Waals surface area contributed by atoms with Crippen LogP contribution in [0.4, 0.5) is 11.4 Å². The Morgan fingerprint density at radius 2 is 1.32 bits per heavy atom. The molecule has 0 saturated carbocycles. The van der Waals surface area contributed by atoms with Crippen molar-refractivity contribution in [2.75, 3.05) is 23.8 Å². The van der Waals surface area contributed by atoms with Crippen molar-refractivity contribution in [1.29, 1.82) is 0 Å². The minimum atomic E-state index is -1.37. The topological polar surface area (TPSA) is 120 Å². The maximum absolute atomic E-state index is 12.0. The van der Waals surface area contributed by atoms with E-state index in [-0.39, 0.29) is 31.0 Å².